The van der Waals surface area contributed by atoms with Gasteiger partial charge in [0.05, 0.1) is 19.3 Å². The van der Waals surface area contributed by atoms with Gasteiger partial charge in [0.2, 0.25) is 6.08 Å². The van der Waals surface area contributed by atoms with E-state index in [2.05, 4.69) is 4.99 Å². The third-order valence-corrected chi connectivity index (χ3v) is 1.51. The molecule has 1 rings (SSSR count). The van der Waals surface area contributed by atoms with Gasteiger partial charge >= 0.3 is 0 Å². The van der Waals surface area contributed by atoms with Crippen molar-refractivity contribution in [3.63, 3.8) is 0 Å². The third kappa shape index (κ3) is 3.38. The highest BCUT2D eigenvalue weighted by molar-refractivity contribution is 5.32. The van der Waals surface area contributed by atoms with Crippen molar-refractivity contribution in [2.24, 2.45) is 4.99 Å². The average Bonchev–Trinajstić information content (AvgIpc) is 2.71. The molecule has 10 heavy (non-hydrogen) atoms. The molecule has 0 spiro atoms. The van der Waals surface area contributed by atoms with Crippen LogP contribution in [-0.4, -0.2) is 25.3 Å². The summed E-state index contributed by atoms with van der Waals surface area (Å²) in [7, 11) is 0. The van der Waals surface area contributed by atoms with E-state index in [4.69, 9.17) is 4.74 Å². The van der Waals surface area contributed by atoms with Crippen LogP contribution in [0, 0.1) is 0 Å². The molecule has 0 bridgehead atoms. The smallest absolute Gasteiger partial charge is 0.234 e. The molecule has 3 heteroatoms. The second kappa shape index (κ2) is 4.20. The number of isocyanates is 1. The number of epoxide rings is 1. The van der Waals surface area contributed by atoms with Crippen molar-refractivity contribution >= 4 is 6.08 Å². The summed E-state index contributed by atoms with van der Waals surface area (Å²) in [5.41, 5.74) is 0. The van der Waals surface area contributed by atoms with Gasteiger partial charge in [-0.15, -0.1) is 0 Å². The van der Waals surface area contributed by atoms with Crippen LogP contribution in [0.4, 0.5) is 0 Å². The van der Waals surface area contributed by atoms with Crippen LogP contribution in [0.3, 0.4) is 0 Å². The molecule has 1 fully saturated rings. The minimum absolute atomic E-state index is 0.514. The lowest BCUT2D eigenvalue weighted by molar-refractivity contribution is 0.390. The van der Waals surface area contributed by atoms with Crippen molar-refractivity contribution in [3.05, 3.63) is 0 Å². The number of aliphatic imine (C=N–C) groups is 1. The van der Waals surface area contributed by atoms with Gasteiger partial charge in [-0.05, 0) is 19.3 Å². The Balaban J connectivity index is 1.80. The van der Waals surface area contributed by atoms with E-state index in [-0.39, 0.29) is 0 Å². The van der Waals surface area contributed by atoms with Gasteiger partial charge in [0.25, 0.3) is 0 Å². The Morgan fingerprint density at radius 2 is 2.40 bits per heavy atom. The quantitative estimate of drug-likeness (QED) is 0.247. The number of ether oxygens (including phenoxy) is 1. The second-order valence-electron chi connectivity index (χ2n) is 2.42. The van der Waals surface area contributed by atoms with Crippen LogP contribution in [0.15, 0.2) is 4.99 Å². The molecule has 1 atom stereocenters. The van der Waals surface area contributed by atoms with E-state index in [1.54, 1.807) is 0 Å². The topological polar surface area (TPSA) is 42.0 Å². The van der Waals surface area contributed by atoms with Crippen LogP contribution < -0.4 is 0 Å². The van der Waals surface area contributed by atoms with Gasteiger partial charge in [0, 0.05) is 0 Å². The summed E-state index contributed by atoms with van der Waals surface area (Å²) < 4.78 is 5.01. The van der Waals surface area contributed by atoms with Gasteiger partial charge in [0.1, 0.15) is 0 Å². The van der Waals surface area contributed by atoms with Gasteiger partial charge < -0.3 is 4.74 Å². The van der Waals surface area contributed by atoms with Crippen LogP contribution >= 0.6 is 0 Å². The van der Waals surface area contributed by atoms with E-state index in [0.717, 1.165) is 25.9 Å². The zero-order valence-corrected chi connectivity index (χ0v) is 5.88. The molecule has 0 radical (unpaired) electrons. The molecule has 0 aromatic rings. The van der Waals surface area contributed by atoms with E-state index in [1.165, 1.54) is 6.08 Å². The van der Waals surface area contributed by atoms with Gasteiger partial charge in [-0.1, -0.05) is 0 Å². The molecule has 0 aromatic heterocycles. The molecule has 1 aliphatic rings. The van der Waals surface area contributed by atoms with Crippen molar-refractivity contribution in [2.75, 3.05) is 13.2 Å². The summed E-state index contributed by atoms with van der Waals surface area (Å²) in [4.78, 5) is 13.0. The fourth-order valence-corrected chi connectivity index (χ4v) is 0.843. The maximum Gasteiger partial charge on any atom is 0.234 e. The Bertz CT molecular complexity index is 137. The Morgan fingerprint density at radius 3 is 3.00 bits per heavy atom. The molecule has 0 N–H and O–H groups in total. The van der Waals surface area contributed by atoms with Crippen molar-refractivity contribution in [2.45, 2.75) is 25.4 Å². The monoisotopic (exact) mass is 141 g/mol. The normalized spacial score (nSPS) is 21.8. The van der Waals surface area contributed by atoms with Crippen LogP contribution in [0.5, 0.6) is 0 Å². The van der Waals surface area contributed by atoms with Gasteiger partial charge in [-0.3, -0.25) is 0 Å². The summed E-state index contributed by atoms with van der Waals surface area (Å²) in [6.07, 6.45) is 5.24. The summed E-state index contributed by atoms with van der Waals surface area (Å²) >= 11 is 0. The number of nitrogens with zero attached hydrogens (tertiary/aromatic N) is 1. The molecule has 1 aliphatic heterocycles. The number of hydrogen-bond acceptors (Lipinski definition) is 3. The molecule has 3 nitrogen and oxygen atoms in total. The van der Waals surface area contributed by atoms with E-state index >= 15 is 0 Å². The largest absolute Gasteiger partial charge is 0.373 e. The van der Waals surface area contributed by atoms with Crippen molar-refractivity contribution in [1.29, 1.82) is 0 Å². The lowest BCUT2D eigenvalue weighted by Crippen LogP contribution is -1.87. The fraction of sp³-hybridized carbons (Fsp3) is 0.857. The first kappa shape index (κ1) is 7.45. The highest BCUT2D eigenvalue weighted by Gasteiger charge is 2.20. The minimum atomic E-state index is 0.514. The molecule has 0 amide bonds. The van der Waals surface area contributed by atoms with Crippen molar-refractivity contribution < 1.29 is 9.53 Å². The van der Waals surface area contributed by atoms with Crippen molar-refractivity contribution in [1.82, 2.24) is 0 Å². The zero-order valence-electron chi connectivity index (χ0n) is 5.88. The van der Waals surface area contributed by atoms with E-state index in [0.29, 0.717) is 12.6 Å². The third-order valence-electron chi connectivity index (χ3n) is 1.51. The maximum absolute atomic E-state index is 9.60. The number of unbranched alkanes of at least 4 members (excludes halogenated alkanes) is 1. The van der Waals surface area contributed by atoms with Crippen LogP contribution in [0.1, 0.15) is 19.3 Å². The first-order chi connectivity index (χ1) is 4.93. The summed E-state index contributed by atoms with van der Waals surface area (Å²) in [5, 5.41) is 0. The minimum Gasteiger partial charge on any atom is -0.373 e. The molecule has 0 aromatic carbocycles. The highest BCUT2D eigenvalue weighted by Crippen LogP contribution is 2.16. The average molecular weight is 141 g/mol. The molecular formula is C7H11NO2. The maximum atomic E-state index is 9.60. The van der Waals surface area contributed by atoms with Crippen LogP contribution in [0.2, 0.25) is 0 Å². The molecule has 1 saturated heterocycles. The lowest BCUT2D eigenvalue weighted by atomic mass is 10.2. The van der Waals surface area contributed by atoms with E-state index in [9.17, 15) is 4.79 Å². The van der Waals surface area contributed by atoms with E-state index < -0.39 is 0 Å². The lowest BCUT2D eigenvalue weighted by Gasteiger charge is -1.90. The Hall–Kier alpha value is -0.660. The Labute approximate surface area is 60.1 Å². The highest BCUT2D eigenvalue weighted by atomic mass is 16.6. The van der Waals surface area contributed by atoms with Gasteiger partial charge in [0.15, 0.2) is 0 Å². The predicted octanol–water partition coefficient (Wildman–Crippen LogP) is 0.891. The molecule has 0 saturated carbocycles. The van der Waals surface area contributed by atoms with Crippen molar-refractivity contribution in [3.8, 4) is 0 Å². The van der Waals surface area contributed by atoms with Gasteiger partial charge in [-0.2, -0.15) is 0 Å². The Kier molecular flexibility index (Phi) is 3.13. The molecule has 0 aliphatic carbocycles. The fourth-order valence-electron chi connectivity index (χ4n) is 0.843. The summed E-state index contributed by atoms with van der Waals surface area (Å²) in [6, 6.07) is 0. The van der Waals surface area contributed by atoms with E-state index in [1.807, 2.05) is 0 Å². The SMILES string of the molecule is O=C=NCCCCC1CO1. The number of hydrogen-bond donors (Lipinski definition) is 0. The first-order valence-electron chi connectivity index (χ1n) is 3.58. The Morgan fingerprint density at radius 1 is 1.60 bits per heavy atom. The standard InChI is InChI=1S/C7H11NO2/c9-6-8-4-2-1-3-7-5-10-7/h7H,1-5H2. The predicted molar refractivity (Wildman–Crippen MR) is 36.6 cm³/mol. The van der Waals surface area contributed by atoms with Crippen LogP contribution in [0.25, 0.3) is 0 Å². The van der Waals surface area contributed by atoms with Gasteiger partial charge in [-0.25, -0.2) is 9.79 Å². The number of carbonyl (C=O) groups excluding carboxylic acids is 1. The molecule has 1 heterocycles. The molecule has 56 valence electrons. The number of rotatable bonds is 5. The summed E-state index contributed by atoms with van der Waals surface area (Å²) in [6.45, 7) is 1.55. The van der Waals surface area contributed by atoms with Crippen LogP contribution in [-0.2, 0) is 9.53 Å². The first-order valence-corrected chi connectivity index (χ1v) is 3.58. The molecular weight excluding hydrogens is 130 g/mol. The zero-order chi connectivity index (χ0) is 7.23. The second-order valence-corrected chi connectivity index (χ2v) is 2.42. The summed E-state index contributed by atoms with van der Waals surface area (Å²) in [5.74, 6) is 0. The molecule has 1 unspecified atom stereocenters.